The fourth-order valence-corrected chi connectivity index (χ4v) is 19.1. The quantitative estimate of drug-likeness (QED) is 0.295. The molecule has 4 heteroatoms. The van der Waals surface area contributed by atoms with Gasteiger partial charge in [0.2, 0.25) is 0 Å². The van der Waals surface area contributed by atoms with Gasteiger partial charge >= 0.3 is 199 Å². The summed E-state index contributed by atoms with van der Waals surface area (Å²) in [6.07, 6.45) is 7.40. The standard InChI is InChI=1S/2C14H15.2CH3.2ClH.H2Si.Zr/c2*1-11(2)13-8-9-14(10-13)12-6-4-3-5-7-12;;;;;;/h2*3-7,10-11H,8H2,1-2H3;2*1H3;2*1H;1H2;. The zero-order valence-corrected chi connectivity index (χ0v) is 27.0. The van der Waals surface area contributed by atoms with Crippen LogP contribution in [-0.4, -0.2) is 6.88 Å². The van der Waals surface area contributed by atoms with Gasteiger partial charge in [0.1, 0.15) is 0 Å². The minimum absolute atomic E-state index is 0. The van der Waals surface area contributed by atoms with Gasteiger partial charge in [0.05, 0.1) is 0 Å². The van der Waals surface area contributed by atoms with Crippen molar-refractivity contribution in [3.8, 4) is 0 Å². The molecule has 0 atom stereocenters. The summed E-state index contributed by atoms with van der Waals surface area (Å²) >= 11 is -3.46. The molecule has 0 aromatic heterocycles. The molecule has 0 amide bonds. The second kappa shape index (κ2) is 11.0. The van der Waals surface area contributed by atoms with Gasteiger partial charge in [0.15, 0.2) is 0 Å². The van der Waals surface area contributed by atoms with Crippen LogP contribution in [0.1, 0.15) is 51.7 Å². The van der Waals surface area contributed by atoms with E-state index >= 15 is 0 Å². The molecule has 0 aliphatic heterocycles. The molecule has 2 aliphatic rings. The smallest absolute Gasteiger partial charge is 0.147 e. The maximum atomic E-state index is 2.70. The Hall–Kier alpha value is -0.920. The Morgan fingerprint density at radius 3 is 1.24 bits per heavy atom. The van der Waals surface area contributed by atoms with Crippen LogP contribution < -0.4 is 0 Å². The Balaban J connectivity index is 0.00000204. The van der Waals surface area contributed by atoms with Crippen LogP contribution in [0.2, 0.25) is 9.26 Å². The van der Waals surface area contributed by atoms with E-state index in [2.05, 4.69) is 117 Å². The van der Waals surface area contributed by atoms with E-state index in [0.717, 1.165) is 12.8 Å². The molecule has 0 fully saturated rings. The summed E-state index contributed by atoms with van der Waals surface area (Å²) in [5, 5.41) is 0. The summed E-state index contributed by atoms with van der Waals surface area (Å²) in [5.41, 5.74) is 9.05. The van der Waals surface area contributed by atoms with Crippen molar-refractivity contribution in [1.82, 2.24) is 0 Å². The molecule has 2 aromatic carbocycles. The van der Waals surface area contributed by atoms with E-state index in [1.165, 1.54) is 22.3 Å². The zero-order chi connectivity index (χ0) is 23.1. The SMILES string of the molecule is CC(C)C1=CC(c2ccccc2)=[C]([Zr]([CH3])([CH3])(=[SiH2])[C]2=C(c3ccccc3)C=C(C(C)C)C2)C1.Cl.Cl. The molecular formula is C30H40Cl2SiZr. The van der Waals surface area contributed by atoms with Crippen LogP contribution in [0, 0.1) is 11.8 Å². The number of hydrogen-bond donors (Lipinski definition) is 0. The van der Waals surface area contributed by atoms with Gasteiger partial charge in [-0.15, -0.1) is 24.8 Å². The van der Waals surface area contributed by atoms with Crippen LogP contribution in [0.15, 0.2) is 90.5 Å². The van der Waals surface area contributed by atoms with E-state index in [1.807, 2.05) is 0 Å². The van der Waals surface area contributed by atoms with E-state index in [-0.39, 0.29) is 24.8 Å². The Labute approximate surface area is 222 Å². The summed E-state index contributed by atoms with van der Waals surface area (Å²) in [4.78, 5) is 0. The Bertz CT molecular complexity index is 1130. The Morgan fingerprint density at radius 1 is 0.618 bits per heavy atom. The zero-order valence-electron chi connectivity index (χ0n) is 21.5. The molecule has 4 rings (SSSR count). The molecule has 2 aliphatic carbocycles. The third-order valence-electron chi connectivity index (χ3n) is 7.66. The second-order valence-corrected chi connectivity index (χ2v) is 40.0. The van der Waals surface area contributed by atoms with Crippen molar-refractivity contribution in [2.45, 2.75) is 49.8 Å². The van der Waals surface area contributed by atoms with Crippen molar-refractivity contribution < 1.29 is 17.4 Å². The van der Waals surface area contributed by atoms with Crippen LogP contribution in [0.25, 0.3) is 11.1 Å². The molecule has 0 unspecified atom stereocenters. The van der Waals surface area contributed by atoms with E-state index < -0.39 is 17.4 Å². The molecule has 0 bridgehead atoms. The van der Waals surface area contributed by atoms with Gasteiger partial charge in [-0.05, 0) is 0 Å². The van der Waals surface area contributed by atoms with Crippen LogP contribution in [-0.2, 0) is 17.4 Å². The average Bonchev–Trinajstić information content (AvgIpc) is 3.42. The average molecular weight is 591 g/mol. The third kappa shape index (κ3) is 5.57. The molecule has 0 spiro atoms. The predicted molar refractivity (Wildman–Crippen MR) is 157 cm³/mol. The van der Waals surface area contributed by atoms with Gasteiger partial charge in [0.25, 0.3) is 0 Å². The molecule has 0 saturated heterocycles. The van der Waals surface area contributed by atoms with E-state index in [1.54, 1.807) is 17.7 Å². The molecular weight excluding hydrogens is 551 g/mol. The van der Waals surface area contributed by atoms with Crippen LogP contribution >= 0.6 is 24.8 Å². The first-order chi connectivity index (χ1) is 15.1. The van der Waals surface area contributed by atoms with Crippen LogP contribution in [0.4, 0.5) is 0 Å². The molecule has 2 aromatic rings. The summed E-state index contributed by atoms with van der Waals surface area (Å²) in [7, 11) is 0. The number of allylic oxidation sites excluding steroid dienone is 8. The van der Waals surface area contributed by atoms with E-state index in [9.17, 15) is 0 Å². The van der Waals surface area contributed by atoms with Gasteiger partial charge in [0, 0.05) is 0 Å². The van der Waals surface area contributed by atoms with Gasteiger partial charge in [-0.1, -0.05) is 0 Å². The molecule has 0 N–H and O–H groups in total. The number of hydrogen-bond acceptors (Lipinski definition) is 0. The largest absolute Gasteiger partial charge is 0.147 e. The molecule has 0 nitrogen and oxygen atoms in total. The first-order valence-corrected chi connectivity index (χ1v) is 25.4. The Morgan fingerprint density at radius 2 is 0.941 bits per heavy atom. The molecule has 182 valence electrons. The summed E-state index contributed by atoms with van der Waals surface area (Å²) in [6.45, 7) is 11.8. The topological polar surface area (TPSA) is 0 Å². The van der Waals surface area contributed by atoms with Gasteiger partial charge < -0.3 is 0 Å². The monoisotopic (exact) mass is 588 g/mol. The van der Waals surface area contributed by atoms with Gasteiger partial charge in [-0.3, -0.25) is 0 Å². The molecule has 0 saturated carbocycles. The number of halogens is 2. The van der Waals surface area contributed by atoms with E-state index in [0.29, 0.717) is 11.8 Å². The first-order valence-electron chi connectivity index (χ1n) is 12.1. The summed E-state index contributed by atoms with van der Waals surface area (Å²) in [5.74, 6) is 1.19. The molecule has 0 heterocycles. The minimum Gasteiger partial charge on any atom is -0.147 e. The second-order valence-electron chi connectivity index (χ2n) is 11.3. The number of benzene rings is 2. The van der Waals surface area contributed by atoms with Crippen molar-refractivity contribution in [2.24, 2.45) is 11.8 Å². The van der Waals surface area contributed by atoms with Gasteiger partial charge in [-0.2, -0.15) is 0 Å². The van der Waals surface area contributed by atoms with Gasteiger partial charge in [-0.25, -0.2) is 0 Å². The van der Waals surface area contributed by atoms with Crippen molar-refractivity contribution in [3.63, 3.8) is 0 Å². The van der Waals surface area contributed by atoms with E-state index in [4.69, 9.17) is 0 Å². The van der Waals surface area contributed by atoms with Crippen LogP contribution in [0.5, 0.6) is 0 Å². The molecule has 0 radical (unpaired) electrons. The fourth-order valence-electron chi connectivity index (χ4n) is 5.35. The first kappa shape index (κ1) is 29.3. The van der Waals surface area contributed by atoms with Crippen molar-refractivity contribution in [2.75, 3.05) is 0 Å². The maximum Gasteiger partial charge on any atom is -0.147 e. The fraction of sp³-hybridized carbons (Fsp3) is 0.333. The predicted octanol–water partition coefficient (Wildman–Crippen LogP) is 8.96. The maximum absolute atomic E-state index is 3.46. The third-order valence-corrected chi connectivity index (χ3v) is 24.4. The minimum atomic E-state index is -3.46. The number of rotatable bonds is 6. The van der Waals surface area contributed by atoms with Crippen molar-refractivity contribution in [3.05, 3.63) is 102 Å². The summed E-state index contributed by atoms with van der Waals surface area (Å²) < 4.78 is 8.96. The van der Waals surface area contributed by atoms with Crippen LogP contribution in [0.3, 0.4) is 0 Å². The summed E-state index contributed by atoms with van der Waals surface area (Å²) in [6, 6.07) is 22.3. The van der Waals surface area contributed by atoms with Crippen molar-refractivity contribution in [1.29, 1.82) is 0 Å². The molecule has 34 heavy (non-hydrogen) atoms. The van der Waals surface area contributed by atoms with Crippen molar-refractivity contribution >= 4 is 42.8 Å². The normalized spacial score (nSPS) is 16.5. The Kier molecular flexibility index (Phi) is 9.48.